The number of nitrogens with zero attached hydrogens (tertiary/aromatic N) is 2. The molecule has 0 radical (unpaired) electrons. The molecule has 86 valence electrons. The Kier molecular flexibility index (Phi) is 2.68. The average Bonchev–Trinajstić information content (AvgIpc) is 2.90. The van der Waals surface area contributed by atoms with E-state index in [1.807, 2.05) is 29.0 Å². The summed E-state index contributed by atoms with van der Waals surface area (Å²) in [6.07, 6.45) is 3.57. The minimum atomic E-state index is -0.410. The first kappa shape index (κ1) is 10.9. The van der Waals surface area contributed by atoms with Crippen molar-refractivity contribution in [3.8, 4) is 0 Å². The number of aromatic nitrogens is 2. The summed E-state index contributed by atoms with van der Waals surface area (Å²) in [5.74, 6) is 0.893. The number of hydrogen-bond acceptors (Lipinski definition) is 3. The molecule has 1 unspecified atom stereocenters. The van der Waals surface area contributed by atoms with Gasteiger partial charge in [-0.3, -0.25) is 9.78 Å². The van der Waals surface area contributed by atoms with Crippen LogP contribution in [0, 0.1) is 0 Å². The summed E-state index contributed by atoms with van der Waals surface area (Å²) in [5, 5.41) is -0.306. The molecule has 0 aliphatic carbocycles. The van der Waals surface area contributed by atoms with E-state index in [9.17, 15) is 4.79 Å². The molecule has 0 aromatic carbocycles. The molecule has 1 aliphatic rings. The largest absolute Gasteiger partial charge is 0.324 e. The summed E-state index contributed by atoms with van der Waals surface area (Å²) in [6, 6.07) is 7.66. The third-order valence-electron chi connectivity index (χ3n) is 2.80. The molecule has 3 nitrogen and oxygen atoms in total. The Morgan fingerprint density at radius 3 is 3.06 bits per heavy atom. The summed E-state index contributed by atoms with van der Waals surface area (Å²) in [6.45, 7) is 0. The lowest BCUT2D eigenvalue weighted by atomic mass is 10.2. The highest BCUT2D eigenvalue weighted by Crippen LogP contribution is 2.41. The van der Waals surface area contributed by atoms with Crippen LogP contribution in [0.3, 0.4) is 0 Å². The Balaban J connectivity index is 2.09. The maximum atomic E-state index is 11.4. The number of pyridine rings is 1. The Bertz CT molecular complexity index is 567. The molecule has 0 N–H and O–H groups in total. The molecule has 0 saturated heterocycles. The normalized spacial score (nSPS) is 18.1. The van der Waals surface area contributed by atoms with Crippen molar-refractivity contribution in [3.05, 3.63) is 53.6 Å². The number of carbonyl (C=O) groups is 1. The van der Waals surface area contributed by atoms with E-state index in [0.717, 1.165) is 17.0 Å². The Labute approximate surface area is 108 Å². The lowest BCUT2D eigenvalue weighted by Crippen LogP contribution is -2.09. The van der Waals surface area contributed by atoms with E-state index in [2.05, 4.69) is 4.98 Å². The fraction of sp³-hybridized carbons (Fsp3) is 0.167. The summed E-state index contributed by atoms with van der Waals surface area (Å²) in [7, 11) is 0. The topological polar surface area (TPSA) is 34.9 Å². The molecule has 0 amide bonds. The van der Waals surface area contributed by atoms with Crippen molar-refractivity contribution in [1.82, 2.24) is 9.55 Å². The molecular formula is C12H9ClN2OS. The molecule has 0 spiro atoms. The quantitative estimate of drug-likeness (QED) is 0.782. The highest BCUT2D eigenvalue weighted by atomic mass is 35.5. The van der Waals surface area contributed by atoms with Crippen molar-refractivity contribution < 1.29 is 4.79 Å². The van der Waals surface area contributed by atoms with Crippen LogP contribution in [-0.2, 0) is 5.75 Å². The van der Waals surface area contributed by atoms with Gasteiger partial charge in [0.25, 0.3) is 5.24 Å². The van der Waals surface area contributed by atoms with Crippen LogP contribution in [0.15, 0.2) is 36.7 Å². The van der Waals surface area contributed by atoms with Gasteiger partial charge in [0.1, 0.15) is 11.1 Å². The molecule has 3 heterocycles. The highest BCUT2D eigenvalue weighted by Gasteiger charge is 2.28. The molecule has 3 rings (SSSR count). The van der Waals surface area contributed by atoms with Crippen molar-refractivity contribution in [2.24, 2.45) is 0 Å². The monoisotopic (exact) mass is 264 g/mol. The van der Waals surface area contributed by atoms with E-state index in [-0.39, 0.29) is 5.37 Å². The van der Waals surface area contributed by atoms with Gasteiger partial charge in [-0.15, -0.1) is 11.8 Å². The number of hydrogen-bond donors (Lipinski definition) is 0. The molecule has 17 heavy (non-hydrogen) atoms. The first-order chi connectivity index (χ1) is 8.27. The van der Waals surface area contributed by atoms with Gasteiger partial charge < -0.3 is 4.57 Å². The SMILES string of the molecule is O=C(Cl)c1ccc2n1C(c1cccnc1)SC2. The summed E-state index contributed by atoms with van der Waals surface area (Å²) in [4.78, 5) is 15.5. The Morgan fingerprint density at radius 1 is 1.47 bits per heavy atom. The van der Waals surface area contributed by atoms with Gasteiger partial charge in [0.05, 0.1) is 0 Å². The second kappa shape index (κ2) is 4.20. The zero-order valence-electron chi connectivity index (χ0n) is 8.84. The summed E-state index contributed by atoms with van der Waals surface area (Å²) < 4.78 is 2.00. The van der Waals surface area contributed by atoms with Crippen LogP contribution >= 0.6 is 23.4 Å². The lowest BCUT2D eigenvalue weighted by molar-refractivity contribution is 0.107. The number of fused-ring (bicyclic) bond motifs is 1. The van der Waals surface area contributed by atoms with Gasteiger partial charge in [-0.2, -0.15) is 0 Å². The second-order valence-electron chi connectivity index (χ2n) is 3.80. The second-order valence-corrected chi connectivity index (χ2v) is 5.22. The fourth-order valence-corrected chi connectivity index (χ4v) is 3.50. The maximum Gasteiger partial charge on any atom is 0.268 e. The van der Waals surface area contributed by atoms with E-state index in [1.165, 1.54) is 0 Å². The predicted octanol–water partition coefficient (Wildman–Crippen LogP) is 3.06. The van der Waals surface area contributed by atoms with Crippen molar-refractivity contribution >= 4 is 28.6 Å². The standard InChI is InChI=1S/C12H9ClN2OS/c13-11(16)10-4-3-9-7-17-12(15(9)10)8-2-1-5-14-6-8/h1-6,12H,7H2. The van der Waals surface area contributed by atoms with Gasteiger partial charge in [0.2, 0.25) is 0 Å². The van der Waals surface area contributed by atoms with Crippen molar-refractivity contribution in [2.45, 2.75) is 11.1 Å². The van der Waals surface area contributed by atoms with Gasteiger partial charge in [0, 0.05) is 29.4 Å². The fourth-order valence-electron chi connectivity index (χ4n) is 2.05. The first-order valence-electron chi connectivity index (χ1n) is 5.19. The zero-order chi connectivity index (χ0) is 11.8. The van der Waals surface area contributed by atoms with Crippen LogP contribution in [-0.4, -0.2) is 14.8 Å². The van der Waals surface area contributed by atoms with Crippen LogP contribution < -0.4 is 0 Å². The molecule has 0 bridgehead atoms. The molecule has 2 aromatic rings. The highest BCUT2D eigenvalue weighted by molar-refractivity contribution is 7.99. The van der Waals surface area contributed by atoms with Gasteiger partial charge in [0.15, 0.2) is 0 Å². The van der Waals surface area contributed by atoms with Crippen molar-refractivity contribution in [1.29, 1.82) is 0 Å². The van der Waals surface area contributed by atoms with E-state index >= 15 is 0 Å². The van der Waals surface area contributed by atoms with Crippen LogP contribution in [0.25, 0.3) is 0 Å². The maximum absolute atomic E-state index is 11.4. The van der Waals surface area contributed by atoms with Crippen LogP contribution in [0.1, 0.15) is 27.1 Å². The molecule has 0 fully saturated rings. The van der Waals surface area contributed by atoms with E-state index in [4.69, 9.17) is 11.6 Å². The van der Waals surface area contributed by atoms with E-state index in [1.54, 1.807) is 24.0 Å². The third-order valence-corrected chi connectivity index (χ3v) is 4.25. The minimum Gasteiger partial charge on any atom is -0.324 e. The molecule has 1 aliphatic heterocycles. The number of thioether (sulfide) groups is 1. The predicted molar refractivity (Wildman–Crippen MR) is 68.3 cm³/mol. The van der Waals surface area contributed by atoms with Crippen LogP contribution in [0.2, 0.25) is 0 Å². The molecule has 0 saturated carbocycles. The van der Waals surface area contributed by atoms with E-state index < -0.39 is 5.24 Å². The molecule has 5 heteroatoms. The van der Waals surface area contributed by atoms with Gasteiger partial charge in [-0.05, 0) is 29.8 Å². The smallest absolute Gasteiger partial charge is 0.268 e. The lowest BCUT2D eigenvalue weighted by Gasteiger charge is -2.14. The minimum absolute atomic E-state index is 0.103. The van der Waals surface area contributed by atoms with E-state index in [0.29, 0.717) is 5.69 Å². The Morgan fingerprint density at radius 2 is 2.35 bits per heavy atom. The summed E-state index contributed by atoms with van der Waals surface area (Å²) in [5.41, 5.74) is 2.78. The molecule has 1 atom stereocenters. The van der Waals surface area contributed by atoms with Crippen molar-refractivity contribution in [3.63, 3.8) is 0 Å². The number of halogens is 1. The third kappa shape index (κ3) is 1.77. The first-order valence-corrected chi connectivity index (χ1v) is 6.61. The molecular weight excluding hydrogens is 256 g/mol. The Hall–Kier alpha value is -1.26. The van der Waals surface area contributed by atoms with Crippen LogP contribution in [0.4, 0.5) is 0 Å². The average molecular weight is 265 g/mol. The number of carbonyl (C=O) groups excluding carboxylic acids is 1. The van der Waals surface area contributed by atoms with Gasteiger partial charge in [-0.1, -0.05) is 6.07 Å². The van der Waals surface area contributed by atoms with Gasteiger partial charge in [-0.25, -0.2) is 0 Å². The summed E-state index contributed by atoms with van der Waals surface area (Å²) >= 11 is 7.37. The number of rotatable bonds is 2. The van der Waals surface area contributed by atoms with Crippen LogP contribution in [0.5, 0.6) is 0 Å². The van der Waals surface area contributed by atoms with Crippen molar-refractivity contribution in [2.75, 3.05) is 0 Å². The molecule has 2 aromatic heterocycles. The zero-order valence-corrected chi connectivity index (χ0v) is 10.4. The van der Waals surface area contributed by atoms with Gasteiger partial charge >= 0.3 is 0 Å².